The van der Waals surface area contributed by atoms with Crippen LogP contribution < -0.4 is 15.8 Å². The largest absolute Gasteiger partial charge is 0.464 e. The molecule has 7 nitrogen and oxygen atoms in total. The summed E-state index contributed by atoms with van der Waals surface area (Å²) in [5, 5.41) is 12.2. The third-order valence-electron chi connectivity index (χ3n) is 2.46. The van der Waals surface area contributed by atoms with Crippen LogP contribution in [0.3, 0.4) is 0 Å². The van der Waals surface area contributed by atoms with Crippen molar-refractivity contribution in [2.75, 3.05) is 24.3 Å². The van der Waals surface area contributed by atoms with Crippen LogP contribution in [-0.2, 0) is 0 Å². The number of aliphatic hydroxyl groups is 1. The molecule has 102 valence electrons. The van der Waals surface area contributed by atoms with Crippen molar-refractivity contribution < 1.29 is 9.84 Å². The number of nitrogens with two attached hydrogens (primary N) is 1. The predicted molar refractivity (Wildman–Crippen MR) is 69.4 cm³/mol. The van der Waals surface area contributed by atoms with Crippen LogP contribution in [0.15, 0.2) is 0 Å². The van der Waals surface area contributed by atoms with E-state index in [1.165, 1.54) is 0 Å². The van der Waals surface area contributed by atoms with Crippen LogP contribution in [-0.4, -0.2) is 39.3 Å². The van der Waals surface area contributed by atoms with Crippen molar-refractivity contribution >= 4 is 11.9 Å². The summed E-state index contributed by atoms with van der Waals surface area (Å²) in [5.74, 6) is 0.825. The number of nitrogens with zero attached hydrogens (tertiary/aromatic N) is 3. The molecule has 0 spiro atoms. The Bertz CT molecular complexity index is 372. The Morgan fingerprint density at radius 3 is 2.61 bits per heavy atom. The number of hydrogen-bond acceptors (Lipinski definition) is 7. The van der Waals surface area contributed by atoms with Crippen molar-refractivity contribution in [2.24, 2.45) is 5.92 Å². The number of nitrogens with one attached hydrogen (secondary N) is 1. The summed E-state index contributed by atoms with van der Waals surface area (Å²) in [4.78, 5) is 12.0. The van der Waals surface area contributed by atoms with Gasteiger partial charge in [0.05, 0.1) is 6.61 Å². The number of aliphatic hydroxyl groups excluding tert-OH is 1. The van der Waals surface area contributed by atoms with Gasteiger partial charge in [-0.3, -0.25) is 0 Å². The summed E-state index contributed by atoms with van der Waals surface area (Å²) in [7, 11) is 0. The van der Waals surface area contributed by atoms with Crippen molar-refractivity contribution in [1.82, 2.24) is 15.0 Å². The Morgan fingerprint density at radius 2 is 2.06 bits per heavy atom. The number of anilines is 2. The molecule has 0 amide bonds. The summed E-state index contributed by atoms with van der Waals surface area (Å²) in [5.41, 5.74) is 5.58. The molecule has 0 bridgehead atoms. The molecule has 0 saturated heterocycles. The van der Waals surface area contributed by atoms with E-state index in [-0.39, 0.29) is 24.6 Å². The van der Waals surface area contributed by atoms with Crippen LogP contribution in [0.1, 0.15) is 27.2 Å². The van der Waals surface area contributed by atoms with Gasteiger partial charge in [0.15, 0.2) is 0 Å². The molecular weight excluding hydrogens is 234 g/mol. The molecule has 0 aliphatic carbocycles. The molecule has 1 aromatic rings. The van der Waals surface area contributed by atoms with E-state index in [4.69, 9.17) is 15.6 Å². The highest BCUT2D eigenvalue weighted by molar-refractivity contribution is 5.33. The monoisotopic (exact) mass is 255 g/mol. The van der Waals surface area contributed by atoms with E-state index >= 15 is 0 Å². The molecule has 0 aliphatic heterocycles. The maximum Gasteiger partial charge on any atom is 0.323 e. The summed E-state index contributed by atoms with van der Waals surface area (Å²) >= 11 is 0. The standard InChI is InChI=1S/C11H21N5O2/c1-4-18-11-15-9(12)14-10(16-11)13-8(5-6-17)7(2)3/h7-8,17H,4-6H2,1-3H3,(H3,12,13,14,15,16). The minimum absolute atomic E-state index is 0.0753. The van der Waals surface area contributed by atoms with E-state index in [0.29, 0.717) is 24.9 Å². The Labute approximate surface area is 107 Å². The van der Waals surface area contributed by atoms with Crippen LogP contribution in [0.25, 0.3) is 0 Å². The number of hydrogen-bond donors (Lipinski definition) is 3. The third kappa shape index (κ3) is 4.33. The minimum Gasteiger partial charge on any atom is -0.464 e. The molecule has 0 aromatic carbocycles. The van der Waals surface area contributed by atoms with Crippen LogP contribution in [0.4, 0.5) is 11.9 Å². The van der Waals surface area contributed by atoms with Crippen LogP contribution in [0.2, 0.25) is 0 Å². The third-order valence-corrected chi connectivity index (χ3v) is 2.46. The number of ether oxygens (including phenoxy) is 1. The molecule has 18 heavy (non-hydrogen) atoms. The quantitative estimate of drug-likeness (QED) is 0.657. The fourth-order valence-corrected chi connectivity index (χ4v) is 1.51. The van der Waals surface area contributed by atoms with Crippen molar-refractivity contribution in [1.29, 1.82) is 0 Å². The lowest BCUT2D eigenvalue weighted by Gasteiger charge is -2.21. The van der Waals surface area contributed by atoms with Gasteiger partial charge in [-0.2, -0.15) is 15.0 Å². The van der Waals surface area contributed by atoms with Crippen molar-refractivity contribution in [3.05, 3.63) is 0 Å². The van der Waals surface area contributed by atoms with E-state index < -0.39 is 0 Å². The number of nitrogen functional groups attached to an aromatic ring is 1. The Kier molecular flexibility index (Phi) is 5.57. The normalized spacial score (nSPS) is 12.5. The number of rotatable bonds is 7. The molecule has 0 saturated carbocycles. The molecule has 7 heteroatoms. The van der Waals surface area contributed by atoms with E-state index in [2.05, 4.69) is 34.1 Å². The molecule has 1 heterocycles. The second-order valence-electron chi connectivity index (χ2n) is 4.24. The SMILES string of the molecule is CCOc1nc(N)nc(NC(CCO)C(C)C)n1. The van der Waals surface area contributed by atoms with Gasteiger partial charge in [0.2, 0.25) is 11.9 Å². The highest BCUT2D eigenvalue weighted by Gasteiger charge is 2.15. The van der Waals surface area contributed by atoms with Gasteiger partial charge < -0.3 is 20.9 Å². The number of aromatic nitrogens is 3. The topological polar surface area (TPSA) is 106 Å². The zero-order chi connectivity index (χ0) is 13.5. The summed E-state index contributed by atoms with van der Waals surface area (Å²) < 4.78 is 5.20. The van der Waals surface area contributed by atoms with Crippen LogP contribution in [0, 0.1) is 5.92 Å². The van der Waals surface area contributed by atoms with E-state index in [9.17, 15) is 0 Å². The first-order valence-corrected chi connectivity index (χ1v) is 6.08. The predicted octanol–water partition coefficient (Wildman–Crippen LogP) is 0.671. The second-order valence-corrected chi connectivity index (χ2v) is 4.24. The molecule has 1 atom stereocenters. The lowest BCUT2D eigenvalue weighted by Crippen LogP contribution is -2.28. The Balaban J connectivity index is 2.81. The summed E-state index contributed by atoms with van der Waals surface area (Å²) in [6.45, 7) is 6.53. The summed E-state index contributed by atoms with van der Waals surface area (Å²) in [6.07, 6.45) is 0.618. The Hall–Kier alpha value is -1.63. The zero-order valence-corrected chi connectivity index (χ0v) is 11.1. The van der Waals surface area contributed by atoms with E-state index in [0.717, 1.165) is 0 Å². The second kappa shape index (κ2) is 6.95. The van der Waals surface area contributed by atoms with Gasteiger partial charge in [-0.05, 0) is 19.3 Å². The van der Waals surface area contributed by atoms with Crippen LogP contribution in [0.5, 0.6) is 6.01 Å². The molecule has 1 aromatic heterocycles. The first-order chi connectivity index (χ1) is 8.56. The molecule has 0 aliphatic rings. The molecule has 1 rings (SSSR count). The smallest absolute Gasteiger partial charge is 0.323 e. The average Bonchev–Trinajstić information content (AvgIpc) is 2.28. The van der Waals surface area contributed by atoms with Crippen molar-refractivity contribution in [3.63, 3.8) is 0 Å². The Morgan fingerprint density at radius 1 is 1.33 bits per heavy atom. The van der Waals surface area contributed by atoms with Gasteiger partial charge in [0.1, 0.15) is 0 Å². The first kappa shape index (κ1) is 14.4. The molecular formula is C11H21N5O2. The van der Waals surface area contributed by atoms with Crippen molar-refractivity contribution in [2.45, 2.75) is 33.2 Å². The highest BCUT2D eigenvalue weighted by atomic mass is 16.5. The summed E-state index contributed by atoms with van der Waals surface area (Å²) in [6, 6.07) is 0.283. The highest BCUT2D eigenvalue weighted by Crippen LogP contribution is 2.14. The van der Waals surface area contributed by atoms with Crippen molar-refractivity contribution in [3.8, 4) is 6.01 Å². The lowest BCUT2D eigenvalue weighted by atomic mass is 10.0. The van der Waals surface area contributed by atoms with Crippen LogP contribution >= 0.6 is 0 Å². The molecule has 0 radical (unpaired) electrons. The van der Waals surface area contributed by atoms with Gasteiger partial charge in [-0.15, -0.1) is 0 Å². The fourth-order valence-electron chi connectivity index (χ4n) is 1.51. The fraction of sp³-hybridized carbons (Fsp3) is 0.727. The average molecular weight is 255 g/mol. The zero-order valence-electron chi connectivity index (χ0n) is 11.1. The van der Waals surface area contributed by atoms with Gasteiger partial charge in [-0.1, -0.05) is 13.8 Å². The van der Waals surface area contributed by atoms with Gasteiger partial charge >= 0.3 is 6.01 Å². The molecule has 1 unspecified atom stereocenters. The molecule has 0 fully saturated rings. The first-order valence-electron chi connectivity index (χ1n) is 6.08. The minimum atomic E-state index is 0.0753. The van der Waals surface area contributed by atoms with E-state index in [1.54, 1.807) is 0 Å². The van der Waals surface area contributed by atoms with Gasteiger partial charge in [0.25, 0.3) is 0 Å². The lowest BCUT2D eigenvalue weighted by molar-refractivity contribution is 0.267. The molecule has 4 N–H and O–H groups in total. The maximum atomic E-state index is 9.01. The van der Waals surface area contributed by atoms with Gasteiger partial charge in [0, 0.05) is 12.6 Å². The van der Waals surface area contributed by atoms with Gasteiger partial charge in [-0.25, -0.2) is 0 Å². The van der Waals surface area contributed by atoms with E-state index in [1.807, 2.05) is 6.92 Å². The maximum absolute atomic E-state index is 9.01.